The van der Waals surface area contributed by atoms with Gasteiger partial charge in [-0.15, -0.1) is 22.7 Å². The van der Waals surface area contributed by atoms with Gasteiger partial charge in [0.15, 0.2) is 11.5 Å². The first-order chi connectivity index (χ1) is 7.75. The molecule has 2 aromatic rings. The van der Waals surface area contributed by atoms with Gasteiger partial charge >= 0.3 is 0 Å². The summed E-state index contributed by atoms with van der Waals surface area (Å²) in [6.45, 7) is 3.10. The Morgan fingerprint density at radius 1 is 1.31 bits per heavy atom. The van der Waals surface area contributed by atoms with E-state index in [0.29, 0.717) is 23.3 Å². The number of ether oxygens (including phenoxy) is 2. The third-order valence-electron chi connectivity index (χ3n) is 2.21. The average molecular weight is 274 g/mol. The van der Waals surface area contributed by atoms with Gasteiger partial charge in [0, 0.05) is 5.38 Å². The van der Waals surface area contributed by atoms with Crippen molar-refractivity contribution in [3.8, 4) is 22.1 Å². The molecule has 0 bridgehead atoms. The summed E-state index contributed by atoms with van der Waals surface area (Å²) < 4.78 is 11.7. The maximum atomic E-state index is 6.11. The number of fused-ring (bicyclic) bond motifs is 1. The molecule has 0 amide bonds. The maximum absolute atomic E-state index is 6.11. The molecule has 0 aromatic carbocycles. The average Bonchev–Trinajstić information content (AvgIpc) is 2.84. The lowest BCUT2D eigenvalue weighted by Crippen LogP contribution is -2.14. The van der Waals surface area contributed by atoms with E-state index >= 15 is 0 Å². The fraction of sp³-hybridized carbons (Fsp3) is 0.300. The molecule has 6 heteroatoms. The van der Waals surface area contributed by atoms with Crippen LogP contribution in [0.2, 0.25) is 4.34 Å². The van der Waals surface area contributed by atoms with E-state index in [1.54, 1.807) is 11.3 Å². The fourth-order valence-corrected chi connectivity index (χ4v) is 3.48. The number of halogens is 1. The number of aromatic nitrogens is 1. The van der Waals surface area contributed by atoms with E-state index in [9.17, 15) is 0 Å². The Kier molecular flexibility index (Phi) is 2.53. The predicted molar refractivity (Wildman–Crippen MR) is 66.2 cm³/mol. The maximum Gasteiger partial charge on any atom is 0.191 e. The molecule has 16 heavy (non-hydrogen) atoms. The topological polar surface area (TPSA) is 31.4 Å². The fourth-order valence-electron chi connectivity index (χ4n) is 1.55. The highest BCUT2D eigenvalue weighted by Crippen LogP contribution is 2.51. The van der Waals surface area contributed by atoms with E-state index in [1.807, 2.05) is 12.3 Å². The van der Waals surface area contributed by atoms with Crippen LogP contribution in [-0.2, 0) is 0 Å². The lowest BCUT2D eigenvalue weighted by Gasteiger charge is -2.15. The van der Waals surface area contributed by atoms with E-state index < -0.39 is 0 Å². The highest BCUT2D eigenvalue weighted by molar-refractivity contribution is 7.20. The van der Waals surface area contributed by atoms with E-state index in [2.05, 4.69) is 4.98 Å². The molecule has 0 aliphatic carbocycles. The SMILES string of the molecule is Cc1nc(-c2sc(Cl)c3c2OCCO3)cs1. The molecular formula is C10H8ClNO2S2. The van der Waals surface area contributed by atoms with Crippen LogP contribution in [0, 0.1) is 6.92 Å². The second kappa shape index (κ2) is 3.91. The van der Waals surface area contributed by atoms with Crippen LogP contribution in [-0.4, -0.2) is 18.2 Å². The third kappa shape index (κ3) is 1.59. The first-order valence-corrected chi connectivity index (χ1v) is 6.83. The Balaban J connectivity index is 2.14. The second-order valence-corrected chi connectivity index (χ2v) is 6.00. The van der Waals surface area contributed by atoms with Crippen molar-refractivity contribution < 1.29 is 9.47 Å². The lowest BCUT2D eigenvalue weighted by molar-refractivity contribution is 0.174. The molecule has 0 unspecified atom stereocenters. The van der Waals surface area contributed by atoms with Gasteiger partial charge in [-0.3, -0.25) is 0 Å². The summed E-state index contributed by atoms with van der Waals surface area (Å²) in [5.41, 5.74) is 0.918. The zero-order valence-electron chi connectivity index (χ0n) is 8.45. The zero-order chi connectivity index (χ0) is 11.1. The molecule has 0 atom stereocenters. The molecule has 0 N–H and O–H groups in total. The van der Waals surface area contributed by atoms with Gasteiger partial charge in [0.25, 0.3) is 0 Å². The number of nitrogens with zero attached hydrogens (tertiary/aromatic N) is 1. The van der Waals surface area contributed by atoms with Crippen LogP contribution in [0.25, 0.3) is 10.6 Å². The number of rotatable bonds is 1. The third-order valence-corrected chi connectivity index (χ3v) is 4.35. The van der Waals surface area contributed by atoms with Crippen molar-refractivity contribution in [1.82, 2.24) is 4.98 Å². The molecular weight excluding hydrogens is 266 g/mol. The number of hydrogen-bond acceptors (Lipinski definition) is 5. The van der Waals surface area contributed by atoms with E-state index in [-0.39, 0.29) is 0 Å². The van der Waals surface area contributed by atoms with Gasteiger partial charge in [0.05, 0.1) is 10.7 Å². The zero-order valence-corrected chi connectivity index (χ0v) is 10.8. The molecule has 3 rings (SSSR count). The predicted octanol–water partition coefficient (Wildman–Crippen LogP) is 3.60. The van der Waals surface area contributed by atoms with Gasteiger partial charge in [0.1, 0.15) is 22.4 Å². The molecule has 0 spiro atoms. The summed E-state index contributed by atoms with van der Waals surface area (Å²) in [7, 11) is 0. The van der Waals surface area contributed by atoms with Gasteiger partial charge in [-0.2, -0.15) is 0 Å². The Bertz CT molecular complexity index is 535. The molecule has 84 valence electrons. The van der Waals surface area contributed by atoms with E-state index in [4.69, 9.17) is 21.1 Å². The van der Waals surface area contributed by atoms with Gasteiger partial charge < -0.3 is 9.47 Å². The Labute approximate surface area is 106 Å². The van der Waals surface area contributed by atoms with Crippen LogP contribution in [0.15, 0.2) is 5.38 Å². The molecule has 1 aliphatic rings. The Hall–Kier alpha value is -0.780. The van der Waals surface area contributed by atoms with Crippen LogP contribution in [0.1, 0.15) is 5.01 Å². The van der Waals surface area contributed by atoms with Crippen LogP contribution in [0.4, 0.5) is 0 Å². The minimum absolute atomic E-state index is 0.555. The van der Waals surface area contributed by atoms with Crippen molar-refractivity contribution in [2.75, 3.05) is 13.2 Å². The number of thiophene rings is 1. The van der Waals surface area contributed by atoms with Crippen molar-refractivity contribution in [3.63, 3.8) is 0 Å². The standard InChI is InChI=1S/C10H8ClNO2S2/c1-5-12-6(4-15-5)9-7-8(10(11)16-9)14-3-2-13-7/h4H,2-3H2,1H3. The van der Waals surface area contributed by atoms with Crippen molar-refractivity contribution in [1.29, 1.82) is 0 Å². The molecule has 2 aromatic heterocycles. The van der Waals surface area contributed by atoms with Crippen LogP contribution in [0.5, 0.6) is 11.5 Å². The summed E-state index contributed by atoms with van der Waals surface area (Å²) in [6.07, 6.45) is 0. The Morgan fingerprint density at radius 2 is 2.06 bits per heavy atom. The summed E-state index contributed by atoms with van der Waals surface area (Å²) in [6, 6.07) is 0. The molecule has 0 saturated heterocycles. The summed E-state index contributed by atoms with van der Waals surface area (Å²) in [5.74, 6) is 1.41. The minimum Gasteiger partial charge on any atom is -0.484 e. The quantitative estimate of drug-likeness (QED) is 0.795. The van der Waals surface area contributed by atoms with Crippen molar-refractivity contribution in [3.05, 3.63) is 14.7 Å². The van der Waals surface area contributed by atoms with Gasteiger partial charge in [-0.25, -0.2) is 4.98 Å². The Morgan fingerprint density at radius 3 is 2.75 bits per heavy atom. The molecule has 0 fully saturated rings. The summed E-state index contributed by atoms with van der Waals surface area (Å²) in [4.78, 5) is 5.40. The first kappa shape index (κ1) is 10.4. The second-order valence-electron chi connectivity index (χ2n) is 3.31. The van der Waals surface area contributed by atoms with E-state index in [0.717, 1.165) is 21.3 Å². The number of hydrogen-bond donors (Lipinski definition) is 0. The number of thiazole rings is 1. The highest BCUT2D eigenvalue weighted by Gasteiger charge is 2.25. The highest BCUT2D eigenvalue weighted by atomic mass is 35.5. The first-order valence-electron chi connectivity index (χ1n) is 4.76. The molecule has 3 heterocycles. The lowest BCUT2D eigenvalue weighted by atomic mass is 10.3. The number of aryl methyl sites for hydroxylation is 1. The van der Waals surface area contributed by atoms with Crippen molar-refractivity contribution >= 4 is 34.3 Å². The van der Waals surface area contributed by atoms with Gasteiger partial charge in [0.2, 0.25) is 0 Å². The van der Waals surface area contributed by atoms with Gasteiger partial charge in [-0.1, -0.05) is 11.6 Å². The molecule has 0 radical (unpaired) electrons. The smallest absolute Gasteiger partial charge is 0.191 e. The van der Waals surface area contributed by atoms with Crippen molar-refractivity contribution in [2.24, 2.45) is 0 Å². The largest absolute Gasteiger partial charge is 0.484 e. The van der Waals surface area contributed by atoms with Crippen LogP contribution in [0.3, 0.4) is 0 Å². The monoisotopic (exact) mass is 273 g/mol. The van der Waals surface area contributed by atoms with Crippen molar-refractivity contribution in [2.45, 2.75) is 6.92 Å². The molecule has 0 saturated carbocycles. The molecule has 1 aliphatic heterocycles. The van der Waals surface area contributed by atoms with Crippen LogP contribution >= 0.6 is 34.3 Å². The molecule has 3 nitrogen and oxygen atoms in total. The summed E-state index contributed by atoms with van der Waals surface area (Å²) >= 11 is 9.18. The van der Waals surface area contributed by atoms with Crippen LogP contribution < -0.4 is 9.47 Å². The van der Waals surface area contributed by atoms with Gasteiger partial charge in [-0.05, 0) is 6.92 Å². The van der Waals surface area contributed by atoms with E-state index in [1.165, 1.54) is 11.3 Å². The minimum atomic E-state index is 0.555. The summed E-state index contributed by atoms with van der Waals surface area (Å²) in [5, 5.41) is 3.04. The normalized spacial score (nSPS) is 14.1.